The minimum Gasteiger partial charge on any atom is -0.477 e. The van der Waals surface area contributed by atoms with Crippen molar-refractivity contribution in [1.29, 1.82) is 0 Å². The van der Waals surface area contributed by atoms with Crippen molar-refractivity contribution in [2.24, 2.45) is 0 Å². The Morgan fingerprint density at radius 3 is 2.33 bits per heavy atom. The number of nitrogens with one attached hydrogen (secondary N) is 1. The monoisotopic (exact) mass is 365 g/mol. The van der Waals surface area contributed by atoms with Gasteiger partial charge in [0, 0.05) is 10.7 Å². The summed E-state index contributed by atoms with van der Waals surface area (Å²) in [4.78, 5) is 23.2. The zero-order valence-corrected chi connectivity index (χ0v) is 13.9. The van der Waals surface area contributed by atoms with Crippen LogP contribution in [0.15, 0.2) is 53.4 Å². The van der Waals surface area contributed by atoms with E-state index in [1.54, 1.807) is 24.3 Å². The molecule has 0 aliphatic heterocycles. The van der Waals surface area contributed by atoms with Crippen molar-refractivity contribution in [2.75, 3.05) is 11.1 Å². The first-order chi connectivity index (χ1) is 11.4. The number of carboxylic acids is 1. The molecular weight excluding hydrogens is 353 g/mol. The third-order valence-electron chi connectivity index (χ3n) is 2.87. The molecule has 0 aliphatic carbocycles. The summed E-state index contributed by atoms with van der Waals surface area (Å²) in [5, 5.41) is 12.4. The van der Waals surface area contributed by atoms with Gasteiger partial charge in [-0.05, 0) is 48.0 Å². The normalized spacial score (nSPS) is 11.2. The summed E-state index contributed by atoms with van der Waals surface area (Å²) < 4.78 is 12.8. The maximum absolute atomic E-state index is 12.8. The second kappa shape index (κ2) is 8.52. The van der Waals surface area contributed by atoms with Gasteiger partial charge in [0.05, 0.1) is 10.7 Å². The minimum atomic E-state index is -1.12. The molecule has 0 aromatic heterocycles. The van der Waals surface area contributed by atoms with Crippen molar-refractivity contribution < 1.29 is 19.1 Å². The van der Waals surface area contributed by atoms with Gasteiger partial charge in [0.15, 0.2) is 0 Å². The van der Waals surface area contributed by atoms with Crippen molar-refractivity contribution in [3.63, 3.8) is 0 Å². The van der Waals surface area contributed by atoms with Crippen LogP contribution in [0.25, 0.3) is 6.08 Å². The summed E-state index contributed by atoms with van der Waals surface area (Å²) in [6.45, 7) is 0. The molecule has 0 aliphatic rings. The second-order valence-corrected chi connectivity index (χ2v) is 6.16. The van der Waals surface area contributed by atoms with Gasteiger partial charge in [-0.3, -0.25) is 4.79 Å². The Morgan fingerprint density at radius 2 is 1.75 bits per heavy atom. The fraction of sp³-hybridized carbons (Fsp3) is 0.0588. The Kier molecular flexibility index (Phi) is 6.40. The second-order valence-electron chi connectivity index (χ2n) is 4.71. The molecular formula is C17H13ClFNO3S. The molecule has 0 saturated heterocycles. The van der Waals surface area contributed by atoms with Crippen LogP contribution < -0.4 is 5.32 Å². The summed E-state index contributed by atoms with van der Waals surface area (Å²) in [5.41, 5.74) is 1.11. The van der Waals surface area contributed by atoms with Crippen LogP contribution in [0.4, 0.5) is 10.1 Å². The van der Waals surface area contributed by atoms with Crippen LogP contribution in [0.2, 0.25) is 5.02 Å². The molecule has 0 unspecified atom stereocenters. The van der Waals surface area contributed by atoms with Crippen molar-refractivity contribution in [3.8, 4) is 0 Å². The van der Waals surface area contributed by atoms with Crippen LogP contribution in [0.1, 0.15) is 5.56 Å². The molecule has 124 valence electrons. The number of hydrogen-bond acceptors (Lipinski definition) is 3. The summed E-state index contributed by atoms with van der Waals surface area (Å²) in [6.07, 6.45) is 1.47. The van der Waals surface area contributed by atoms with E-state index in [0.29, 0.717) is 16.3 Å². The van der Waals surface area contributed by atoms with Crippen molar-refractivity contribution in [1.82, 2.24) is 0 Å². The molecule has 7 heteroatoms. The lowest BCUT2D eigenvalue weighted by Crippen LogP contribution is -2.15. The predicted octanol–water partition coefficient (Wildman–Crippen LogP) is 4.28. The molecule has 24 heavy (non-hydrogen) atoms. The third kappa shape index (κ3) is 5.72. The molecule has 0 spiro atoms. The molecule has 0 fully saturated rings. The number of halogens is 2. The highest BCUT2D eigenvalue weighted by atomic mass is 35.5. The largest absolute Gasteiger partial charge is 0.477 e. The Balaban J connectivity index is 1.98. The molecule has 0 saturated carbocycles. The number of benzene rings is 2. The first-order valence-corrected chi connectivity index (χ1v) is 8.19. The van der Waals surface area contributed by atoms with Gasteiger partial charge in [0.25, 0.3) is 0 Å². The van der Waals surface area contributed by atoms with Crippen molar-refractivity contribution >= 4 is 47.0 Å². The SMILES string of the molecule is O=C(CS/C(=C/c1ccc(Cl)cc1)C(=O)O)Nc1ccc(F)cc1. The maximum Gasteiger partial charge on any atom is 0.342 e. The van der Waals surface area contributed by atoms with Gasteiger partial charge in [-0.2, -0.15) is 0 Å². The average molecular weight is 366 g/mol. The van der Waals surface area contributed by atoms with Gasteiger partial charge in [-0.1, -0.05) is 23.7 Å². The highest BCUT2D eigenvalue weighted by Gasteiger charge is 2.11. The summed E-state index contributed by atoms with van der Waals surface area (Å²) in [5.74, 6) is -1.98. The van der Waals surface area contributed by atoms with Crippen LogP contribution in [-0.4, -0.2) is 22.7 Å². The highest BCUT2D eigenvalue weighted by molar-refractivity contribution is 8.04. The van der Waals surface area contributed by atoms with Gasteiger partial charge >= 0.3 is 5.97 Å². The summed E-state index contributed by atoms with van der Waals surface area (Å²) in [6, 6.07) is 12.0. The Hall–Kier alpha value is -2.31. The number of carbonyl (C=O) groups excluding carboxylic acids is 1. The van der Waals surface area contributed by atoms with Gasteiger partial charge in [0.1, 0.15) is 5.82 Å². The van der Waals surface area contributed by atoms with Gasteiger partial charge in [-0.15, -0.1) is 11.8 Å². The standard InChI is InChI=1S/C17H13ClFNO3S/c18-12-3-1-11(2-4-12)9-15(17(22)23)24-10-16(21)20-14-7-5-13(19)6-8-14/h1-9H,10H2,(H,20,21)(H,22,23)/b15-9+. The number of aliphatic carboxylic acids is 1. The zero-order valence-electron chi connectivity index (χ0n) is 12.3. The zero-order chi connectivity index (χ0) is 17.5. The van der Waals surface area contributed by atoms with Gasteiger partial charge in [-0.25, -0.2) is 9.18 Å². The maximum atomic E-state index is 12.8. The average Bonchev–Trinajstić information content (AvgIpc) is 2.55. The lowest BCUT2D eigenvalue weighted by molar-refractivity contribution is -0.131. The molecule has 2 rings (SSSR count). The van der Waals surface area contributed by atoms with Crippen LogP contribution in [-0.2, 0) is 9.59 Å². The van der Waals surface area contributed by atoms with Crippen molar-refractivity contribution in [3.05, 3.63) is 69.8 Å². The van der Waals surface area contributed by atoms with E-state index in [0.717, 1.165) is 11.8 Å². The van der Waals surface area contributed by atoms with Crippen LogP contribution in [0, 0.1) is 5.82 Å². The van der Waals surface area contributed by atoms with E-state index in [4.69, 9.17) is 11.6 Å². The van der Waals surface area contributed by atoms with E-state index in [1.807, 2.05) is 0 Å². The minimum absolute atomic E-state index is 0.0339. The Bertz CT molecular complexity index is 760. The number of amides is 1. The molecule has 2 aromatic carbocycles. The topological polar surface area (TPSA) is 66.4 Å². The van der Waals surface area contributed by atoms with E-state index < -0.39 is 11.8 Å². The lowest BCUT2D eigenvalue weighted by Gasteiger charge is -2.06. The fourth-order valence-corrected chi connectivity index (χ4v) is 2.58. The van der Waals surface area contributed by atoms with E-state index in [-0.39, 0.29) is 16.6 Å². The first-order valence-electron chi connectivity index (χ1n) is 6.83. The molecule has 0 bridgehead atoms. The fourth-order valence-electron chi connectivity index (χ4n) is 1.75. The van der Waals surface area contributed by atoms with Gasteiger partial charge in [0.2, 0.25) is 5.91 Å². The van der Waals surface area contributed by atoms with Crippen LogP contribution in [0.5, 0.6) is 0 Å². The van der Waals surface area contributed by atoms with Crippen LogP contribution >= 0.6 is 23.4 Å². The van der Waals surface area contributed by atoms with Gasteiger partial charge < -0.3 is 10.4 Å². The lowest BCUT2D eigenvalue weighted by atomic mass is 10.2. The van der Waals surface area contributed by atoms with Crippen molar-refractivity contribution in [2.45, 2.75) is 0 Å². The molecule has 0 atom stereocenters. The van der Waals surface area contributed by atoms with E-state index in [1.165, 1.54) is 30.3 Å². The molecule has 0 radical (unpaired) electrons. The Labute approximate surface area is 147 Å². The molecule has 4 nitrogen and oxygen atoms in total. The molecule has 2 aromatic rings. The molecule has 0 heterocycles. The summed E-state index contributed by atoms with van der Waals surface area (Å²) in [7, 11) is 0. The quantitative estimate of drug-likeness (QED) is 0.750. The number of hydrogen-bond donors (Lipinski definition) is 2. The highest BCUT2D eigenvalue weighted by Crippen LogP contribution is 2.21. The third-order valence-corrected chi connectivity index (χ3v) is 4.13. The number of thioether (sulfide) groups is 1. The van der Waals surface area contributed by atoms with E-state index in [2.05, 4.69) is 5.32 Å². The van der Waals surface area contributed by atoms with Crippen LogP contribution in [0.3, 0.4) is 0 Å². The molecule has 1 amide bonds. The molecule has 2 N–H and O–H groups in total. The van der Waals surface area contributed by atoms with E-state index in [9.17, 15) is 19.1 Å². The number of carboxylic acid groups (broad SMARTS) is 1. The number of anilines is 1. The smallest absolute Gasteiger partial charge is 0.342 e. The number of rotatable bonds is 6. The first kappa shape index (κ1) is 18.0. The van der Waals surface area contributed by atoms with E-state index >= 15 is 0 Å². The summed E-state index contributed by atoms with van der Waals surface area (Å²) >= 11 is 6.68. The number of carbonyl (C=O) groups is 2. The predicted molar refractivity (Wildman–Crippen MR) is 94.6 cm³/mol. The Morgan fingerprint density at radius 1 is 1.12 bits per heavy atom.